The van der Waals surface area contributed by atoms with Crippen LogP contribution in [-0.4, -0.2) is 57.8 Å². The van der Waals surface area contributed by atoms with Gasteiger partial charge in [0.25, 0.3) is 11.7 Å². The van der Waals surface area contributed by atoms with Crippen molar-refractivity contribution in [1.82, 2.24) is 14.8 Å². The predicted molar refractivity (Wildman–Crippen MR) is 112 cm³/mol. The normalized spacial score (nSPS) is 18.6. The lowest BCUT2D eigenvalue weighted by molar-refractivity contribution is -0.140. The van der Waals surface area contributed by atoms with Crippen LogP contribution in [0.5, 0.6) is 0 Å². The first-order valence-corrected chi connectivity index (χ1v) is 9.95. The summed E-state index contributed by atoms with van der Waals surface area (Å²) in [6.45, 7) is 8.85. The van der Waals surface area contributed by atoms with Gasteiger partial charge in [-0.25, -0.2) is 0 Å². The number of Topliss-reactive ketones (excluding diaryl/α,β-unsaturated/α-hetero) is 1. The molecule has 6 heteroatoms. The summed E-state index contributed by atoms with van der Waals surface area (Å²) in [4.78, 5) is 33.7. The van der Waals surface area contributed by atoms with E-state index in [-0.39, 0.29) is 11.3 Å². The molecule has 0 bridgehead atoms. The zero-order valence-electron chi connectivity index (χ0n) is 17.1. The molecular weight excluding hydrogens is 366 g/mol. The third-order valence-corrected chi connectivity index (χ3v) is 5.42. The number of pyridine rings is 1. The van der Waals surface area contributed by atoms with Gasteiger partial charge >= 0.3 is 0 Å². The number of likely N-dealkylation sites (N-methyl/N-ethyl adjacent to an activating group) is 1. The minimum absolute atomic E-state index is 0.117. The lowest BCUT2D eigenvalue weighted by Crippen LogP contribution is -2.38. The average Bonchev–Trinajstić information content (AvgIpc) is 3.00. The van der Waals surface area contributed by atoms with E-state index in [1.54, 1.807) is 35.5 Å². The van der Waals surface area contributed by atoms with Gasteiger partial charge in [-0.1, -0.05) is 49.7 Å². The number of ketones is 1. The number of aryl methyl sites for hydroxylation is 1. The average molecular weight is 393 g/mol. The van der Waals surface area contributed by atoms with Crippen LogP contribution in [0.1, 0.15) is 36.6 Å². The van der Waals surface area contributed by atoms with E-state index in [4.69, 9.17) is 0 Å². The number of rotatable bonds is 7. The van der Waals surface area contributed by atoms with E-state index in [9.17, 15) is 14.7 Å². The van der Waals surface area contributed by atoms with Crippen molar-refractivity contribution in [2.75, 3.05) is 26.2 Å². The standard InChI is InChI=1S/C23H27N3O3/c1-4-25(5-2)13-14-26-20(18-7-6-12-24-15-18)19(22(28)23(26)29)21(27)17-10-8-16(3)9-11-17/h6-12,15,20,27H,4-5,13-14H2,1-3H3/t20-/m0/s1. The van der Waals surface area contributed by atoms with Gasteiger partial charge in [-0.15, -0.1) is 0 Å². The molecule has 0 saturated carbocycles. The van der Waals surface area contributed by atoms with E-state index in [0.29, 0.717) is 24.2 Å². The molecule has 1 amide bonds. The molecule has 1 aliphatic heterocycles. The van der Waals surface area contributed by atoms with Gasteiger partial charge < -0.3 is 14.9 Å². The lowest BCUT2D eigenvalue weighted by Gasteiger charge is -2.28. The Hall–Kier alpha value is -2.99. The molecule has 0 radical (unpaired) electrons. The van der Waals surface area contributed by atoms with E-state index in [1.807, 2.05) is 25.1 Å². The number of nitrogens with zero attached hydrogens (tertiary/aromatic N) is 3. The lowest BCUT2D eigenvalue weighted by atomic mass is 9.96. The van der Waals surface area contributed by atoms with Crippen LogP contribution in [0.4, 0.5) is 0 Å². The number of hydrogen-bond acceptors (Lipinski definition) is 5. The summed E-state index contributed by atoms with van der Waals surface area (Å²) in [6.07, 6.45) is 3.29. The van der Waals surface area contributed by atoms with Gasteiger partial charge in [0.1, 0.15) is 5.76 Å². The van der Waals surface area contributed by atoms with Gasteiger partial charge in [0.05, 0.1) is 11.6 Å². The predicted octanol–water partition coefficient (Wildman–Crippen LogP) is 3.15. The quantitative estimate of drug-likeness (QED) is 0.444. The summed E-state index contributed by atoms with van der Waals surface area (Å²) in [6, 6.07) is 10.2. The largest absolute Gasteiger partial charge is 0.507 e. The zero-order valence-corrected chi connectivity index (χ0v) is 17.1. The van der Waals surface area contributed by atoms with Crippen molar-refractivity contribution >= 4 is 17.4 Å². The van der Waals surface area contributed by atoms with Crippen molar-refractivity contribution in [3.8, 4) is 0 Å². The molecule has 3 rings (SSSR count). The van der Waals surface area contributed by atoms with Gasteiger partial charge in [0.2, 0.25) is 0 Å². The number of aliphatic hydroxyl groups is 1. The second-order valence-corrected chi connectivity index (χ2v) is 7.17. The Morgan fingerprint density at radius 1 is 1.14 bits per heavy atom. The highest BCUT2D eigenvalue weighted by atomic mass is 16.3. The molecule has 29 heavy (non-hydrogen) atoms. The van der Waals surface area contributed by atoms with Gasteiger partial charge in [0.15, 0.2) is 0 Å². The Kier molecular flexibility index (Phi) is 6.44. The fourth-order valence-electron chi connectivity index (χ4n) is 3.65. The molecule has 1 N–H and O–H groups in total. The molecule has 1 atom stereocenters. The van der Waals surface area contributed by atoms with Crippen molar-refractivity contribution in [2.45, 2.75) is 26.8 Å². The first kappa shape index (κ1) is 20.7. The molecule has 1 aromatic heterocycles. The monoisotopic (exact) mass is 393 g/mol. The molecule has 2 aromatic rings. The van der Waals surface area contributed by atoms with E-state index < -0.39 is 17.7 Å². The van der Waals surface area contributed by atoms with Crippen molar-refractivity contribution < 1.29 is 14.7 Å². The highest BCUT2D eigenvalue weighted by Crippen LogP contribution is 2.38. The molecule has 1 aromatic carbocycles. The van der Waals surface area contributed by atoms with Crippen LogP contribution >= 0.6 is 0 Å². The molecule has 6 nitrogen and oxygen atoms in total. The third-order valence-electron chi connectivity index (χ3n) is 5.42. The molecule has 0 aliphatic carbocycles. The number of hydrogen-bond donors (Lipinski definition) is 1. The number of benzene rings is 1. The molecule has 2 heterocycles. The number of aromatic nitrogens is 1. The highest BCUT2D eigenvalue weighted by Gasteiger charge is 2.46. The summed E-state index contributed by atoms with van der Waals surface area (Å²) in [5.74, 6) is -1.39. The molecule has 152 valence electrons. The van der Waals surface area contributed by atoms with Gasteiger partial charge in [0, 0.05) is 31.0 Å². The van der Waals surface area contributed by atoms with Gasteiger partial charge in [-0.3, -0.25) is 14.6 Å². The zero-order chi connectivity index (χ0) is 21.0. The first-order valence-electron chi connectivity index (χ1n) is 9.95. The Morgan fingerprint density at radius 3 is 2.41 bits per heavy atom. The Bertz CT molecular complexity index is 903. The van der Waals surface area contributed by atoms with Gasteiger partial charge in [-0.2, -0.15) is 0 Å². The van der Waals surface area contributed by atoms with Crippen LogP contribution in [0.15, 0.2) is 54.4 Å². The molecule has 1 fully saturated rings. The third kappa shape index (κ3) is 4.22. The number of carbonyl (C=O) groups excluding carboxylic acids is 2. The van der Waals surface area contributed by atoms with E-state index >= 15 is 0 Å². The molecule has 1 saturated heterocycles. The van der Waals surface area contributed by atoms with E-state index in [1.165, 1.54) is 0 Å². The highest BCUT2D eigenvalue weighted by molar-refractivity contribution is 6.46. The van der Waals surface area contributed by atoms with Crippen LogP contribution in [0, 0.1) is 6.92 Å². The molecular formula is C23H27N3O3. The smallest absolute Gasteiger partial charge is 0.295 e. The number of likely N-dealkylation sites (tertiary alicyclic amines) is 1. The number of carbonyl (C=O) groups is 2. The molecule has 0 spiro atoms. The van der Waals surface area contributed by atoms with E-state index in [0.717, 1.165) is 18.7 Å². The number of amides is 1. The second-order valence-electron chi connectivity index (χ2n) is 7.17. The maximum atomic E-state index is 12.9. The maximum absolute atomic E-state index is 12.9. The Labute approximate surface area is 171 Å². The SMILES string of the molecule is CCN(CC)CCN1C(=O)C(=O)C(=C(O)c2ccc(C)cc2)[C@@H]1c1cccnc1. The summed E-state index contributed by atoms with van der Waals surface area (Å²) >= 11 is 0. The minimum atomic E-state index is -0.656. The number of aliphatic hydroxyl groups excluding tert-OH is 1. The topological polar surface area (TPSA) is 73.7 Å². The van der Waals surface area contributed by atoms with Crippen LogP contribution in [0.3, 0.4) is 0 Å². The van der Waals surface area contributed by atoms with Crippen LogP contribution in [-0.2, 0) is 9.59 Å². The minimum Gasteiger partial charge on any atom is -0.507 e. The first-order chi connectivity index (χ1) is 14.0. The fraction of sp³-hybridized carbons (Fsp3) is 0.348. The summed E-state index contributed by atoms with van der Waals surface area (Å²) in [7, 11) is 0. The van der Waals surface area contributed by atoms with Crippen molar-refractivity contribution in [2.24, 2.45) is 0 Å². The fourth-order valence-corrected chi connectivity index (χ4v) is 3.65. The summed E-state index contributed by atoms with van der Waals surface area (Å²) in [5.41, 5.74) is 2.39. The van der Waals surface area contributed by atoms with Gasteiger partial charge in [-0.05, 0) is 31.6 Å². The Balaban J connectivity index is 2.06. The van der Waals surface area contributed by atoms with Crippen LogP contribution < -0.4 is 0 Å². The van der Waals surface area contributed by atoms with E-state index in [2.05, 4.69) is 23.7 Å². The van der Waals surface area contributed by atoms with Crippen molar-refractivity contribution in [3.05, 3.63) is 71.1 Å². The Morgan fingerprint density at radius 2 is 1.83 bits per heavy atom. The maximum Gasteiger partial charge on any atom is 0.295 e. The van der Waals surface area contributed by atoms with Crippen LogP contribution in [0.2, 0.25) is 0 Å². The second kappa shape index (κ2) is 9.01. The molecule has 1 aliphatic rings. The summed E-state index contributed by atoms with van der Waals surface area (Å²) < 4.78 is 0. The molecule has 0 unspecified atom stereocenters. The van der Waals surface area contributed by atoms with Crippen molar-refractivity contribution in [1.29, 1.82) is 0 Å². The van der Waals surface area contributed by atoms with Crippen molar-refractivity contribution in [3.63, 3.8) is 0 Å². The van der Waals surface area contributed by atoms with Crippen LogP contribution in [0.25, 0.3) is 5.76 Å². The summed E-state index contributed by atoms with van der Waals surface area (Å²) in [5, 5.41) is 11.0.